The second-order valence-electron chi connectivity index (χ2n) is 6.26. The highest BCUT2D eigenvalue weighted by Gasteiger charge is 2.34. The van der Waals surface area contributed by atoms with Gasteiger partial charge in [-0.15, -0.1) is 10.2 Å². The smallest absolute Gasteiger partial charge is 0.234 e. The highest BCUT2D eigenvalue weighted by atomic mass is 32.1. The van der Waals surface area contributed by atoms with Crippen LogP contribution in [0.3, 0.4) is 0 Å². The van der Waals surface area contributed by atoms with Gasteiger partial charge in [0, 0.05) is 19.1 Å². The molecule has 0 unspecified atom stereocenters. The summed E-state index contributed by atoms with van der Waals surface area (Å²) in [7, 11) is 0. The highest BCUT2D eigenvalue weighted by Crippen LogP contribution is 2.37. The first-order valence-corrected chi connectivity index (χ1v) is 8.67. The molecule has 1 aliphatic heterocycles. The lowest BCUT2D eigenvalue weighted by molar-refractivity contribution is 0.0831. The van der Waals surface area contributed by atoms with E-state index in [9.17, 15) is 0 Å². The zero-order chi connectivity index (χ0) is 14.3. The van der Waals surface area contributed by atoms with Crippen molar-refractivity contribution in [3.05, 3.63) is 10.8 Å². The van der Waals surface area contributed by atoms with Gasteiger partial charge in [-0.3, -0.25) is 0 Å². The number of hydrogen-bond acceptors (Lipinski definition) is 6. The maximum Gasteiger partial charge on any atom is 0.234 e. The van der Waals surface area contributed by atoms with Crippen LogP contribution < -0.4 is 5.73 Å². The minimum atomic E-state index is -0.253. The Hall–Kier alpha value is -1.05. The van der Waals surface area contributed by atoms with Crippen LogP contribution in [0.1, 0.15) is 61.7 Å². The molecule has 114 valence electrons. The van der Waals surface area contributed by atoms with Gasteiger partial charge in [0.2, 0.25) is 4.96 Å². The summed E-state index contributed by atoms with van der Waals surface area (Å²) in [5.41, 5.74) is 6.34. The molecule has 21 heavy (non-hydrogen) atoms. The SMILES string of the molecule is NC1(c2nn3c(C4CCOCC4)nnc3s2)CCCCC1. The minimum absolute atomic E-state index is 0.253. The van der Waals surface area contributed by atoms with Crippen LogP contribution in [0.2, 0.25) is 0 Å². The molecular formula is C14H21N5OS. The molecule has 2 N–H and O–H groups in total. The molecule has 4 rings (SSSR count). The van der Waals surface area contributed by atoms with Crippen molar-refractivity contribution < 1.29 is 4.74 Å². The van der Waals surface area contributed by atoms with Crippen LogP contribution in [0.25, 0.3) is 4.96 Å². The van der Waals surface area contributed by atoms with Crippen LogP contribution in [0.15, 0.2) is 0 Å². The molecule has 7 heteroatoms. The summed E-state index contributed by atoms with van der Waals surface area (Å²) >= 11 is 1.61. The molecule has 1 saturated carbocycles. The van der Waals surface area contributed by atoms with Gasteiger partial charge in [-0.2, -0.15) is 9.61 Å². The Kier molecular flexibility index (Phi) is 3.43. The van der Waals surface area contributed by atoms with E-state index in [2.05, 4.69) is 10.2 Å². The van der Waals surface area contributed by atoms with Crippen molar-refractivity contribution in [2.45, 2.75) is 56.4 Å². The van der Waals surface area contributed by atoms with Gasteiger partial charge in [0.1, 0.15) is 5.01 Å². The van der Waals surface area contributed by atoms with Crippen LogP contribution in [-0.4, -0.2) is 33.0 Å². The lowest BCUT2D eigenvalue weighted by Gasteiger charge is -2.30. The average Bonchev–Trinajstić information content (AvgIpc) is 3.09. The Morgan fingerprint density at radius 3 is 2.67 bits per heavy atom. The monoisotopic (exact) mass is 307 g/mol. The van der Waals surface area contributed by atoms with E-state index in [0.717, 1.165) is 54.7 Å². The molecule has 6 nitrogen and oxygen atoms in total. The van der Waals surface area contributed by atoms with Crippen LogP contribution in [0, 0.1) is 0 Å². The number of nitrogens with two attached hydrogens (primary N) is 1. The summed E-state index contributed by atoms with van der Waals surface area (Å²) in [5, 5.41) is 14.5. The van der Waals surface area contributed by atoms with Crippen LogP contribution >= 0.6 is 11.3 Å². The third-order valence-corrected chi connectivity index (χ3v) is 5.89. The van der Waals surface area contributed by atoms with Crippen LogP contribution in [0.4, 0.5) is 0 Å². The fourth-order valence-corrected chi connectivity index (χ4v) is 4.45. The lowest BCUT2D eigenvalue weighted by atomic mass is 9.83. The zero-order valence-electron chi connectivity index (χ0n) is 12.1. The molecule has 0 radical (unpaired) electrons. The van der Waals surface area contributed by atoms with Gasteiger partial charge in [0.15, 0.2) is 5.82 Å². The number of aromatic nitrogens is 4. The third-order valence-electron chi connectivity index (χ3n) is 4.77. The van der Waals surface area contributed by atoms with Gasteiger partial charge in [-0.1, -0.05) is 30.6 Å². The molecule has 2 fully saturated rings. The number of rotatable bonds is 2. The molecule has 0 spiro atoms. The first-order valence-electron chi connectivity index (χ1n) is 7.85. The first-order chi connectivity index (χ1) is 10.3. The lowest BCUT2D eigenvalue weighted by Crippen LogP contribution is -2.38. The normalized spacial score (nSPS) is 23.7. The third kappa shape index (κ3) is 2.37. The molecule has 0 atom stereocenters. The Morgan fingerprint density at radius 2 is 1.90 bits per heavy atom. The van der Waals surface area contributed by atoms with Crippen molar-refractivity contribution in [2.24, 2.45) is 5.73 Å². The predicted molar refractivity (Wildman–Crippen MR) is 80.4 cm³/mol. The summed E-state index contributed by atoms with van der Waals surface area (Å²) in [6.07, 6.45) is 7.75. The summed E-state index contributed by atoms with van der Waals surface area (Å²) < 4.78 is 7.36. The standard InChI is InChI=1S/C14H21N5OS/c15-14(6-2-1-3-7-14)12-18-19-11(16-17-13(19)21-12)10-4-8-20-9-5-10/h10H,1-9,15H2. The van der Waals surface area contributed by atoms with Crippen molar-refractivity contribution in [3.8, 4) is 0 Å². The largest absolute Gasteiger partial charge is 0.381 e. The average molecular weight is 307 g/mol. The fourth-order valence-electron chi connectivity index (χ4n) is 3.44. The van der Waals surface area contributed by atoms with Gasteiger partial charge in [-0.25, -0.2) is 0 Å². The van der Waals surface area contributed by atoms with Gasteiger partial charge in [0.05, 0.1) is 5.54 Å². The topological polar surface area (TPSA) is 78.3 Å². The maximum atomic E-state index is 6.60. The molecular weight excluding hydrogens is 286 g/mol. The van der Waals surface area contributed by atoms with Crippen molar-refractivity contribution in [1.29, 1.82) is 0 Å². The van der Waals surface area contributed by atoms with Gasteiger partial charge in [0.25, 0.3) is 0 Å². The van der Waals surface area contributed by atoms with E-state index in [1.807, 2.05) is 4.52 Å². The molecule has 0 amide bonds. The summed E-state index contributed by atoms with van der Waals surface area (Å²) in [6.45, 7) is 1.61. The first kappa shape index (κ1) is 13.6. The predicted octanol–water partition coefficient (Wildman–Crippen LogP) is 2.20. The van der Waals surface area contributed by atoms with E-state index in [0.29, 0.717) is 5.92 Å². The van der Waals surface area contributed by atoms with E-state index in [1.54, 1.807) is 11.3 Å². The van der Waals surface area contributed by atoms with Crippen molar-refractivity contribution in [2.75, 3.05) is 13.2 Å². The molecule has 3 heterocycles. The highest BCUT2D eigenvalue weighted by molar-refractivity contribution is 7.16. The van der Waals surface area contributed by atoms with E-state index in [-0.39, 0.29) is 5.54 Å². The number of hydrogen-bond donors (Lipinski definition) is 1. The molecule has 2 aliphatic rings. The fraction of sp³-hybridized carbons (Fsp3) is 0.786. The Morgan fingerprint density at radius 1 is 1.14 bits per heavy atom. The van der Waals surface area contributed by atoms with Gasteiger partial charge in [-0.05, 0) is 25.7 Å². The summed E-state index contributed by atoms with van der Waals surface area (Å²) in [5.74, 6) is 1.39. The van der Waals surface area contributed by atoms with E-state index < -0.39 is 0 Å². The quantitative estimate of drug-likeness (QED) is 0.920. The Bertz CT molecular complexity index is 624. The summed E-state index contributed by atoms with van der Waals surface area (Å²) in [4.78, 5) is 0.877. The van der Waals surface area contributed by atoms with E-state index >= 15 is 0 Å². The number of fused-ring (bicyclic) bond motifs is 1. The van der Waals surface area contributed by atoms with Crippen LogP contribution in [0.5, 0.6) is 0 Å². The minimum Gasteiger partial charge on any atom is -0.381 e. The Balaban J connectivity index is 1.68. The molecule has 0 aromatic carbocycles. The maximum absolute atomic E-state index is 6.60. The molecule has 0 bridgehead atoms. The van der Waals surface area contributed by atoms with Gasteiger partial charge < -0.3 is 10.5 Å². The zero-order valence-corrected chi connectivity index (χ0v) is 12.9. The van der Waals surface area contributed by atoms with E-state index in [1.165, 1.54) is 19.3 Å². The number of nitrogens with zero attached hydrogens (tertiary/aromatic N) is 4. The second-order valence-corrected chi connectivity index (χ2v) is 7.22. The van der Waals surface area contributed by atoms with Gasteiger partial charge >= 0.3 is 0 Å². The van der Waals surface area contributed by atoms with Crippen LogP contribution in [-0.2, 0) is 10.3 Å². The Labute approximate surface area is 127 Å². The van der Waals surface area contributed by atoms with Crippen molar-refractivity contribution in [3.63, 3.8) is 0 Å². The molecule has 2 aromatic heterocycles. The number of ether oxygens (including phenoxy) is 1. The molecule has 1 saturated heterocycles. The molecule has 2 aromatic rings. The van der Waals surface area contributed by atoms with E-state index in [4.69, 9.17) is 15.6 Å². The second kappa shape index (κ2) is 5.30. The summed E-state index contributed by atoms with van der Waals surface area (Å²) in [6, 6.07) is 0. The van der Waals surface area contributed by atoms with Crippen molar-refractivity contribution >= 4 is 16.3 Å². The van der Waals surface area contributed by atoms with Crippen molar-refractivity contribution in [1.82, 2.24) is 19.8 Å². The molecule has 1 aliphatic carbocycles.